The van der Waals surface area contributed by atoms with Crippen molar-refractivity contribution < 1.29 is 0 Å². The van der Waals surface area contributed by atoms with E-state index >= 15 is 0 Å². The smallest absolute Gasteiger partial charge is 0.0947 e. The molecule has 3 rings (SSSR count). The van der Waals surface area contributed by atoms with Gasteiger partial charge in [-0.3, -0.25) is 0 Å². The van der Waals surface area contributed by atoms with Crippen LogP contribution in [0.25, 0.3) is 0 Å². The lowest BCUT2D eigenvalue weighted by atomic mass is 9.98. The quantitative estimate of drug-likeness (QED) is 0.931. The van der Waals surface area contributed by atoms with E-state index in [1.165, 1.54) is 30.6 Å². The number of hydrogen-bond acceptors (Lipinski definition) is 4. The minimum atomic E-state index is 0.117. The first-order chi connectivity index (χ1) is 8.72. The minimum absolute atomic E-state index is 0.117. The summed E-state index contributed by atoms with van der Waals surface area (Å²) >= 11 is 3.64. The first kappa shape index (κ1) is 12.3. The Morgan fingerprint density at radius 2 is 2.22 bits per heavy atom. The number of fused-ring (bicyclic) bond motifs is 1. The average Bonchev–Trinajstić information content (AvgIpc) is 2.95. The van der Waals surface area contributed by atoms with E-state index in [2.05, 4.69) is 16.4 Å². The highest BCUT2D eigenvalue weighted by Crippen LogP contribution is 2.33. The molecule has 0 fully saturated rings. The van der Waals surface area contributed by atoms with E-state index in [1.54, 1.807) is 21.8 Å². The predicted octanol–water partition coefficient (Wildman–Crippen LogP) is 3.63. The standard InChI is InChI=1S/C14H18N2S2/c1-9-8-17-14(16-9)7-11(15)13-6-10-4-2-3-5-12(10)18-13/h6,8,11H,2-5,7,15H2,1H3. The summed E-state index contributed by atoms with van der Waals surface area (Å²) in [6.07, 6.45) is 6.05. The molecule has 2 heterocycles. The molecule has 1 atom stereocenters. The number of thiophene rings is 1. The topological polar surface area (TPSA) is 38.9 Å². The summed E-state index contributed by atoms with van der Waals surface area (Å²) in [5.74, 6) is 0. The Morgan fingerprint density at radius 1 is 1.39 bits per heavy atom. The molecule has 2 aromatic heterocycles. The lowest BCUT2D eigenvalue weighted by molar-refractivity contribution is 0.695. The summed E-state index contributed by atoms with van der Waals surface area (Å²) in [6.45, 7) is 2.04. The van der Waals surface area contributed by atoms with Gasteiger partial charge in [0.15, 0.2) is 0 Å². The Balaban J connectivity index is 1.75. The van der Waals surface area contributed by atoms with Crippen LogP contribution in [0.3, 0.4) is 0 Å². The van der Waals surface area contributed by atoms with Crippen molar-refractivity contribution in [2.75, 3.05) is 0 Å². The van der Waals surface area contributed by atoms with Crippen LogP contribution in [0.5, 0.6) is 0 Å². The molecule has 0 bridgehead atoms. The third-order valence-electron chi connectivity index (χ3n) is 3.44. The summed E-state index contributed by atoms with van der Waals surface area (Å²) in [4.78, 5) is 7.41. The van der Waals surface area contributed by atoms with Crippen LogP contribution < -0.4 is 5.73 Å². The predicted molar refractivity (Wildman–Crippen MR) is 78.4 cm³/mol. The molecule has 2 aromatic rings. The van der Waals surface area contributed by atoms with Crippen LogP contribution >= 0.6 is 22.7 Å². The highest BCUT2D eigenvalue weighted by atomic mass is 32.1. The third kappa shape index (κ3) is 2.51. The van der Waals surface area contributed by atoms with E-state index in [4.69, 9.17) is 5.73 Å². The van der Waals surface area contributed by atoms with E-state index in [0.29, 0.717) is 0 Å². The van der Waals surface area contributed by atoms with E-state index in [0.717, 1.165) is 17.1 Å². The van der Waals surface area contributed by atoms with Crippen LogP contribution in [0.2, 0.25) is 0 Å². The maximum Gasteiger partial charge on any atom is 0.0947 e. The van der Waals surface area contributed by atoms with Crippen molar-refractivity contribution in [2.24, 2.45) is 5.73 Å². The molecule has 0 saturated carbocycles. The second kappa shape index (κ2) is 5.11. The van der Waals surface area contributed by atoms with Gasteiger partial charge >= 0.3 is 0 Å². The van der Waals surface area contributed by atoms with Crippen molar-refractivity contribution in [2.45, 2.75) is 45.1 Å². The second-order valence-corrected chi connectivity index (χ2v) is 7.11. The van der Waals surface area contributed by atoms with Crippen LogP contribution in [0.4, 0.5) is 0 Å². The van der Waals surface area contributed by atoms with Crippen LogP contribution in [-0.4, -0.2) is 4.98 Å². The molecule has 0 aliphatic heterocycles. The maximum atomic E-state index is 6.33. The zero-order valence-corrected chi connectivity index (χ0v) is 12.2. The van der Waals surface area contributed by atoms with Crippen molar-refractivity contribution in [1.29, 1.82) is 0 Å². The fourth-order valence-electron chi connectivity index (χ4n) is 2.48. The van der Waals surface area contributed by atoms with Crippen LogP contribution in [0, 0.1) is 6.92 Å². The Morgan fingerprint density at radius 3 is 2.94 bits per heavy atom. The lowest BCUT2D eigenvalue weighted by Gasteiger charge is -2.08. The van der Waals surface area contributed by atoms with Gasteiger partial charge in [0, 0.05) is 33.3 Å². The zero-order chi connectivity index (χ0) is 12.5. The number of rotatable bonds is 3. The molecule has 1 aliphatic carbocycles. The third-order valence-corrected chi connectivity index (χ3v) is 5.80. The Bertz CT molecular complexity index is 518. The van der Waals surface area contributed by atoms with Crippen molar-refractivity contribution in [3.63, 3.8) is 0 Å². The van der Waals surface area contributed by atoms with Gasteiger partial charge in [0.25, 0.3) is 0 Å². The molecule has 2 N–H and O–H groups in total. The van der Waals surface area contributed by atoms with Crippen molar-refractivity contribution in [3.05, 3.63) is 37.5 Å². The zero-order valence-electron chi connectivity index (χ0n) is 10.6. The Hall–Kier alpha value is -0.710. The highest BCUT2D eigenvalue weighted by Gasteiger charge is 2.17. The molecular formula is C14H18N2S2. The molecule has 2 nitrogen and oxygen atoms in total. The van der Waals surface area contributed by atoms with Crippen molar-refractivity contribution >= 4 is 22.7 Å². The van der Waals surface area contributed by atoms with Gasteiger partial charge in [-0.25, -0.2) is 4.98 Å². The van der Waals surface area contributed by atoms with E-state index in [9.17, 15) is 0 Å². The van der Waals surface area contributed by atoms with Gasteiger partial charge in [-0.2, -0.15) is 0 Å². The molecule has 0 amide bonds. The normalized spacial score (nSPS) is 16.6. The van der Waals surface area contributed by atoms with E-state index in [-0.39, 0.29) is 6.04 Å². The summed E-state index contributed by atoms with van der Waals surface area (Å²) in [5.41, 5.74) is 8.98. The van der Waals surface area contributed by atoms with Crippen LogP contribution in [0.1, 0.15) is 44.9 Å². The molecule has 1 aliphatic rings. The molecular weight excluding hydrogens is 260 g/mol. The fourth-order valence-corrected chi connectivity index (χ4v) is 4.57. The minimum Gasteiger partial charge on any atom is -0.323 e. The number of thiazole rings is 1. The molecule has 0 radical (unpaired) electrons. The summed E-state index contributed by atoms with van der Waals surface area (Å²) < 4.78 is 0. The number of nitrogens with two attached hydrogens (primary N) is 1. The number of aromatic nitrogens is 1. The van der Waals surface area contributed by atoms with Crippen molar-refractivity contribution in [3.8, 4) is 0 Å². The molecule has 96 valence electrons. The maximum absolute atomic E-state index is 6.33. The molecule has 18 heavy (non-hydrogen) atoms. The van der Waals surface area contributed by atoms with Crippen LogP contribution in [0.15, 0.2) is 11.4 Å². The Kier molecular flexibility index (Phi) is 3.50. The summed E-state index contributed by atoms with van der Waals surface area (Å²) in [6, 6.07) is 2.45. The van der Waals surface area contributed by atoms with Gasteiger partial charge in [0.2, 0.25) is 0 Å². The SMILES string of the molecule is Cc1csc(CC(N)c2cc3c(s2)CCCC3)n1. The van der Waals surface area contributed by atoms with Gasteiger partial charge < -0.3 is 5.73 Å². The van der Waals surface area contributed by atoms with Gasteiger partial charge in [0.05, 0.1) is 5.01 Å². The number of hydrogen-bond donors (Lipinski definition) is 1. The lowest BCUT2D eigenvalue weighted by Crippen LogP contribution is -2.11. The average molecular weight is 278 g/mol. The first-order valence-electron chi connectivity index (χ1n) is 6.50. The van der Waals surface area contributed by atoms with Crippen molar-refractivity contribution in [1.82, 2.24) is 4.98 Å². The fraction of sp³-hybridized carbons (Fsp3) is 0.500. The highest BCUT2D eigenvalue weighted by molar-refractivity contribution is 7.12. The number of aryl methyl sites for hydroxylation is 3. The second-order valence-electron chi connectivity index (χ2n) is 5.00. The summed E-state index contributed by atoms with van der Waals surface area (Å²) in [5, 5.41) is 3.26. The van der Waals surface area contributed by atoms with Gasteiger partial charge in [0.1, 0.15) is 0 Å². The number of nitrogens with zero attached hydrogens (tertiary/aromatic N) is 1. The van der Waals surface area contributed by atoms with Crippen LogP contribution in [-0.2, 0) is 19.3 Å². The molecule has 4 heteroatoms. The van der Waals surface area contributed by atoms with E-state index in [1.807, 2.05) is 18.3 Å². The van der Waals surface area contributed by atoms with Gasteiger partial charge in [-0.1, -0.05) is 0 Å². The summed E-state index contributed by atoms with van der Waals surface area (Å²) in [7, 11) is 0. The molecule has 0 spiro atoms. The van der Waals surface area contributed by atoms with Gasteiger partial charge in [-0.15, -0.1) is 22.7 Å². The molecule has 0 saturated heterocycles. The largest absolute Gasteiger partial charge is 0.323 e. The monoisotopic (exact) mass is 278 g/mol. The van der Waals surface area contributed by atoms with Gasteiger partial charge in [-0.05, 0) is 44.2 Å². The molecule has 0 aromatic carbocycles. The molecule has 1 unspecified atom stereocenters. The Labute approximate surface area is 116 Å². The van der Waals surface area contributed by atoms with E-state index < -0.39 is 0 Å². The first-order valence-corrected chi connectivity index (χ1v) is 8.20.